The molecule has 11 heteroatoms. The predicted octanol–water partition coefficient (Wildman–Crippen LogP) is 4.59. The highest BCUT2D eigenvalue weighted by molar-refractivity contribution is 6.08. The number of pyridine rings is 1. The summed E-state index contributed by atoms with van der Waals surface area (Å²) in [6.07, 6.45) is -2.86. The Balaban J connectivity index is 1.44. The minimum absolute atomic E-state index is 0.0249. The van der Waals surface area contributed by atoms with Crippen molar-refractivity contribution in [2.24, 2.45) is 11.3 Å². The molecule has 1 aliphatic heterocycles. The summed E-state index contributed by atoms with van der Waals surface area (Å²) < 4.78 is 61.5. The van der Waals surface area contributed by atoms with Crippen LogP contribution in [0.25, 0.3) is 0 Å². The summed E-state index contributed by atoms with van der Waals surface area (Å²) >= 11 is 0. The molecule has 2 aliphatic rings. The zero-order chi connectivity index (χ0) is 26.1. The fourth-order valence-electron chi connectivity index (χ4n) is 3.74. The molecule has 0 saturated heterocycles. The number of ether oxygens (including phenoxy) is 4. The SMILES string of the molecule is CCC(C)[C@@H](O)COc1ccc(N2COc3cc(OCC4(C(F)(F)F)CC4)ncc3C2=O)cc1OC. The molecule has 36 heavy (non-hydrogen) atoms. The van der Waals surface area contributed by atoms with Crippen LogP contribution in [0.3, 0.4) is 0 Å². The summed E-state index contributed by atoms with van der Waals surface area (Å²) in [7, 11) is 1.47. The molecule has 1 amide bonds. The highest BCUT2D eigenvalue weighted by Crippen LogP contribution is 2.57. The number of carbonyl (C=O) groups excluding carboxylic acids is 1. The lowest BCUT2D eigenvalue weighted by Crippen LogP contribution is -2.38. The van der Waals surface area contributed by atoms with Crippen LogP contribution >= 0.6 is 0 Å². The first-order valence-electron chi connectivity index (χ1n) is 11.7. The molecule has 8 nitrogen and oxygen atoms in total. The van der Waals surface area contributed by atoms with E-state index in [1.807, 2.05) is 13.8 Å². The molecule has 1 aromatic heterocycles. The number of hydrogen-bond donors (Lipinski definition) is 1. The van der Waals surface area contributed by atoms with Gasteiger partial charge in [0.1, 0.15) is 29.9 Å². The number of halogens is 3. The Bertz CT molecular complexity index is 1110. The molecular formula is C25H29F3N2O6. The Morgan fingerprint density at radius 1 is 1.22 bits per heavy atom. The number of fused-ring (bicyclic) bond motifs is 1. The summed E-state index contributed by atoms with van der Waals surface area (Å²) in [4.78, 5) is 18.5. The number of anilines is 1. The van der Waals surface area contributed by atoms with Gasteiger partial charge in [0.15, 0.2) is 18.2 Å². The van der Waals surface area contributed by atoms with E-state index in [4.69, 9.17) is 18.9 Å². The lowest BCUT2D eigenvalue weighted by Gasteiger charge is -2.29. The van der Waals surface area contributed by atoms with Crippen LogP contribution in [0.5, 0.6) is 23.1 Å². The molecular weight excluding hydrogens is 481 g/mol. The number of amides is 1. The van der Waals surface area contributed by atoms with E-state index in [9.17, 15) is 23.1 Å². The number of methoxy groups -OCH3 is 1. The van der Waals surface area contributed by atoms with E-state index in [1.165, 1.54) is 24.3 Å². The Morgan fingerprint density at radius 2 is 1.97 bits per heavy atom. The summed E-state index contributed by atoms with van der Waals surface area (Å²) in [6.45, 7) is 3.37. The lowest BCUT2D eigenvalue weighted by atomic mass is 10.0. The Hall–Kier alpha value is -3.21. The van der Waals surface area contributed by atoms with Crippen molar-refractivity contribution in [2.45, 2.75) is 45.4 Å². The van der Waals surface area contributed by atoms with Crippen LogP contribution in [-0.4, -0.2) is 55.3 Å². The van der Waals surface area contributed by atoms with Gasteiger partial charge >= 0.3 is 6.18 Å². The number of aliphatic hydroxyl groups excluding tert-OH is 1. The van der Waals surface area contributed by atoms with Crippen LogP contribution in [0, 0.1) is 11.3 Å². The van der Waals surface area contributed by atoms with Crippen molar-refractivity contribution in [3.63, 3.8) is 0 Å². The molecule has 0 spiro atoms. The van der Waals surface area contributed by atoms with Crippen molar-refractivity contribution in [1.82, 2.24) is 4.98 Å². The number of alkyl halides is 3. The lowest BCUT2D eigenvalue weighted by molar-refractivity contribution is -0.194. The molecule has 196 valence electrons. The van der Waals surface area contributed by atoms with Crippen molar-refractivity contribution in [2.75, 3.05) is 32.0 Å². The van der Waals surface area contributed by atoms with Crippen LogP contribution in [0.2, 0.25) is 0 Å². The molecule has 0 radical (unpaired) electrons. The maximum atomic E-state index is 13.1. The number of aliphatic hydroxyl groups is 1. The molecule has 1 saturated carbocycles. The first-order valence-corrected chi connectivity index (χ1v) is 11.7. The standard InChI is InChI=1S/C25H29F3N2O6/c1-4-15(2)18(31)12-34-19-6-5-16(9-21(19)33-3)30-14-36-20-10-22(29-11-17(20)23(30)32)35-13-24(7-8-24)25(26,27)28/h5-6,9-11,15,18,31H,4,7-8,12-14H2,1-3H3/t15?,18-/m0/s1. The maximum Gasteiger partial charge on any atom is 0.397 e. The van der Waals surface area contributed by atoms with Gasteiger partial charge in [-0.3, -0.25) is 9.69 Å². The van der Waals surface area contributed by atoms with Crippen LogP contribution in [0.4, 0.5) is 18.9 Å². The van der Waals surface area contributed by atoms with Crippen molar-refractivity contribution < 1.29 is 42.0 Å². The van der Waals surface area contributed by atoms with Gasteiger partial charge in [0.25, 0.3) is 5.91 Å². The molecule has 2 heterocycles. The number of nitrogens with zero attached hydrogens (tertiary/aromatic N) is 2. The fraction of sp³-hybridized carbons (Fsp3) is 0.520. The van der Waals surface area contributed by atoms with Crippen LogP contribution in [-0.2, 0) is 0 Å². The van der Waals surface area contributed by atoms with Gasteiger partial charge in [-0.2, -0.15) is 13.2 Å². The highest BCUT2D eigenvalue weighted by Gasteiger charge is 2.64. The first kappa shape index (κ1) is 25.9. The summed E-state index contributed by atoms with van der Waals surface area (Å²) in [5.74, 6) is 0.634. The van der Waals surface area contributed by atoms with Gasteiger partial charge in [0.05, 0.1) is 18.9 Å². The van der Waals surface area contributed by atoms with Crippen LogP contribution < -0.4 is 23.8 Å². The first-order chi connectivity index (χ1) is 17.1. The van der Waals surface area contributed by atoms with Gasteiger partial charge in [0, 0.05) is 18.3 Å². The Labute approximate surface area is 206 Å². The third-order valence-corrected chi connectivity index (χ3v) is 6.79. The monoisotopic (exact) mass is 510 g/mol. The average Bonchev–Trinajstić information content (AvgIpc) is 3.67. The minimum atomic E-state index is -4.33. The van der Waals surface area contributed by atoms with Gasteiger partial charge in [-0.05, 0) is 30.9 Å². The van der Waals surface area contributed by atoms with E-state index in [1.54, 1.807) is 18.2 Å². The molecule has 0 bridgehead atoms. The van der Waals surface area contributed by atoms with E-state index in [-0.39, 0.29) is 49.3 Å². The van der Waals surface area contributed by atoms with E-state index >= 15 is 0 Å². The van der Waals surface area contributed by atoms with E-state index in [0.717, 1.165) is 6.42 Å². The summed E-state index contributed by atoms with van der Waals surface area (Å²) in [5.41, 5.74) is -1.18. The zero-order valence-corrected chi connectivity index (χ0v) is 20.3. The molecule has 1 aliphatic carbocycles. The normalized spacial score (nSPS) is 18.1. The Morgan fingerprint density at radius 3 is 2.61 bits per heavy atom. The predicted molar refractivity (Wildman–Crippen MR) is 124 cm³/mol. The topological polar surface area (TPSA) is 90.4 Å². The second-order valence-electron chi connectivity index (χ2n) is 9.19. The number of aromatic nitrogens is 1. The van der Waals surface area contributed by atoms with E-state index < -0.39 is 30.2 Å². The molecule has 2 aromatic rings. The quantitative estimate of drug-likeness (QED) is 0.500. The second kappa shape index (κ2) is 10.0. The maximum absolute atomic E-state index is 13.1. The van der Waals surface area contributed by atoms with Crippen molar-refractivity contribution in [1.29, 1.82) is 0 Å². The molecule has 4 rings (SSSR count). The Kier molecular flexibility index (Phi) is 7.21. The smallest absolute Gasteiger partial charge is 0.397 e. The van der Waals surface area contributed by atoms with Crippen molar-refractivity contribution in [3.05, 3.63) is 36.0 Å². The molecule has 1 aromatic carbocycles. The average molecular weight is 511 g/mol. The summed E-state index contributed by atoms with van der Waals surface area (Å²) in [5, 5.41) is 10.2. The van der Waals surface area contributed by atoms with Gasteiger partial charge in [-0.15, -0.1) is 0 Å². The van der Waals surface area contributed by atoms with Crippen molar-refractivity contribution >= 4 is 11.6 Å². The van der Waals surface area contributed by atoms with E-state index in [0.29, 0.717) is 17.2 Å². The van der Waals surface area contributed by atoms with Gasteiger partial charge in [-0.1, -0.05) is 20.3 Å². The molecule has 2 atom stereocenters. The highest BCUT2D eigenvalue weighted by atomic mass is 19.4. The van der Waals surface area contributed by atoms with E-state index in [2.05, 4.69) is 4.98 Å². The fourth-order valence-corrected chi connectivity index (χ4v) is 3.74. The molecule has 1 unspecified atom stereocenters. The van der Waals surface area contributed by atoms with Crippen molar-refractivity contribution in [3.8, 4) is 23.1 Å². The van der Waals surface area contributed by atoms with Crippen LogP contribution in [0.1, 0.15) is 43.5 Å². The van der Waals surface area contributed by atoms with Gasteiger partial charge < -0.3 is 24.1 Å². The second-order valence-corrected chi connectivity index (χ2v) is 9.19. The number of benzene rings is 1. The molecule has 1 fully saturated rings. The third kappa shape index (κ3) is 5.16. The third-order valence-electron chi connectivity index (χ3n) is 6.79. The summed E-state index contributed by atoms with van der Waals surface area (Å²) in [6, 6.07) is 6.26. The molecule has 1 N–H and O–H groups in total. The largest absolute Gasteiger partial charge is 0.493 e. The van der Waals surface area contributed by atoms with Crippen LogP contribution in [0.15, 0.2) is 30.5 Å². The number of rotatable bonds is 10. The zero-order valence-electron chi connectivity index (χ0n) is 20.3. The van der Waals surface area contributed by atoms with Gasteiger partial charge in [-0.25, -0.2) is 4.98 Å². The number of hydrogen-bond acceptors (Lipinski definition) is 7. The number of carbonyl (C=O) groups is 1. The van der Waals surface area contributed by atoms with Gasteiger partial charge in [0.2, 0.25) is 5.88 Å². The minimum Gasteiger partial charge on any atom is -0.493 e.